The average Bonchev–Trinajstić information content (AvgIpc) is 2.94. The van der Waals surface area contributed by atoms with Crippen molar-refractivity contribution in [2.24, 2.45) is 5.92 Å². The maximum Gasteiger partial charge on any atom is 0.331 e. The topological polar surface area (TPSA) is 55.8 Å². The van der Waals surface area contributed by atoms with E-state index in [2.05, 4.69) is 4.90 Å². The van der Waals surface area contributed by atoms with Crippen molar-refractivity contribution in [2.45, 2.75) is 50.7 Å². The standard InChI is InChI=1S/C30H39N2O4.BrH/c1-30(25-11-5-3-6-12-25,31-16-7-4-8-17-31)29(34)36-28-22-32(18-14-23(28)15-19-32)21-27(33)24-10-9-13-26(20-24)35-2;/h3,5-6,9-13,20,23,28H,4,7-8,14-19,21-22H2,1-2H3;1H/q+1;/p-1/t23?,28-,30-,32?;/m0./s1. The van der Waals surface area contributed by atoms with E-state index in [1.807, 2.05) is 61.5 Å². The number of carbonyl (C=O) groups is 2. The van der Waals surface area contributed by atoms with Gasteiger partial charge in [0.2, 0.25) is 5.78 Å². The highest BCUT2D eigenvalue weighted by Crippen LogP contribution is 2.39. The fraction of sp³-hybridized carbons (Fsp3) is 0.533. The molecule has 200 valence electrons. The number of ketones is 1. The van der Waals surface area contributed by atoms with Crippen LogP contribution in [0.3, 0.4) is 0 Å². The Morgan fingerprint density at radius 2 is 1.70 bits per heavy atom. The van der Waals surface area contributed by atoms with Crippen LogP contribution in [-0.2, 0) is 15.1 Å². The number of Topliss-reactive ketones (excluding diaryl/α,β-unsaturated/α-hetero) is 1. The van der Waals surface area contributed by atoms with Crippen LogP contribution in [-0.4, -0.2) is 73.6 Å². The molecule has 0 spiro atoms. The van der Waals surface area contributed by atoms with Gasteiger partial charge < -0.3 is 30.9 Å². The molecule has 0 radical (unpaired) electrons. The minimum Gasteiger partial charge on any atom is -1.00 e. The molecule has 2 aromatic carbocycles. The molecule has 2 bridgehead atoms. The first-order chi connectivity index (χ1) is 17.4. The first kappa shape index (κ1) is 27.8. The van der Waals surface area contributed by atoms with Crippen molar-refractivity contribution in [3.63, 3.8) is 0 Å². The fourth-order valence-corrected chi connectivity index (χ4v) is 6.55. The van der Waals surface area contributed by atoms with E-state index in [0.29, 0.717) is 28.3 Å². The van der Waals surface area contributed by atoms with E-state index in [0.717, 1.165) is 64.0 Å². The van der Waals surface area contributed by atoms with Gasteiger partial charge in [0.25, 0.3) is 0 Å². The van der Waals surface area contributed by atoms with Gasteiger partial charge in [-0.3, -0.25) is 9.69 Å². The zero-order valence-corrected chi connectivity index (χ0v) is 23.6. The number of benzene rings is 2. The summed E-state index contributed by atoms with van der Waals surface area (Å²) in [7, 11) is 1.62. The molecule has 4 aliphatic heterocycles. The second kappa shape index (κ2) is 11.7. The van der Waals surface area contributed by atoms with Crippen molar-refractivity contribution >= 4 is 11.8 Å². The van der Waals surface area contributed by atoms with Gasteiger partial charge in [0.15, 0.2) is 6.10 Å². The van der Waals surface area contributed by atoms with Gasteiger partial charge in [-0.25, -0.2) is 4.79 Å². The number of fused-ring (bicyclic) bond motifs is 3. The molecular formula is C30H39BrN2O4. The van der Waals surface area contributed by atoms with Crippen LogP contribution in [0.4, 0.5) is 0 Å². The minimum absolute atomic E-state index is 0. The lowest BCUT2D eigenvalue weighted by molar-refractivity contribution is -0.938. The van der Waals surface area contributed by atoms with Crippen LogP contribution >= 0.6 is 0 Å². The maximum absolute atomic E-state index is 14.0. The third kappa shape index (κ3) is 5.64. The van der Waals surface area contributed by atoms with E-state index in [4.69, 9.17) is 9.47 Å². The molecule has 0 aliphatic carbocycles. The number of likely N-dealkylation sites (tertiary alicyclic amines) is 1. The van der Waals surface area contributed by atoms with Gasteiger partial charge in [0, 0.05) is 24.3 Å². The second-order valence-corrected chi connectivity index (χ2v) is 11.1. The van der Waals surface area contributed by atoms with Gasteiger partial charge in [-0.2, -0.15) is 0 Å². The summed E-state index contributed by atoms with van der Waals surface area (Å²) in [5, 5.41) is 0. The Kier molecular flexibility index (Phi) is 8.77. The fourth-order valence-electron chi connectivity index (χ4n) is 6.55. The van der Waals surface area contributed by atoms with Crippen molar-refractivity contribution in [1.29, 1.82) is 0 Å². The van der Waals surface area contributed by atoms with E-state index in [-0.39, 0.29) is 34.8 Å². The van der Waals surface area contributed by atoms with Crippen molar-refractivity contribution in [3.05, 3.63) is 65.7 Å². The normalized spacial score (nSPS) is 27.0. The number of carbonyl (C=O) groups excluding carboxylic acids is 2. The van der Waals surface area contributed by atoms with Crippen molar-refractivity contribution in [1.82, 2.24) is 4.90 Å². The van der Waals surface area contributed by atoms with Crippen molar-refractivity contribution in [3.8, 4) is 5.75 Å². The molecule has 2 atom stereocenters. The number of halogens is 1. The van der Waals surface area contributed by atoms with Crippen molar-refractivity contribution < 1.29 is 40.5 Å². The van der Waals surface area contributed by atoms with Crippen LogP contribution in [0.15, 0.2) is 54.6 Å². The number of nitrogens with zero attached hydrogens (tertiary/aromatic N) is 2. The van der Waals surface area contributed by atoms with Crippen molar-refractivity contribution in [2.75, 3.05) is 46.4 Å². The molecule has 0 aromatic heterocycles. The lowest BCUT2D eigenvalue weighted by Gasteiger charge is -2.52. The van der Waals surface area contributed by atoms with Gasteiger partial charge in [0.1, 0.15) is 24.4 Å². The zero-order chi connectivity index (χ0) is 25.2. The van der Waals surface area contributed by atoms with E-state index in [1.165, 1.54) is 6.42 Å². The lowest BCUT2D eigenvalue weighted by atomic mass is 9.82. The monoisotopic (exact) mass is 570 g/mol. The quantitative estimate of drug-likeness (QED) is 0.273. The number of methoxy groups -OCH3 is 1. The Bertz CT molecular complexity index is 1080. The molecule has 37 heavy (non-hydrogen) atoms. The summed E-state index contributed by atoms with van der Waals surface area (Å²) in [5.74, 6) is 1.05. The Labute approximate surface area is 231 Å². The molecule has 7 heteroatoms. The zero-order valence-electron chi connectivity index (χ0n) is 22.0. The second-order valence-electron chi connectivity index (χ2n) is 11.1. The number of piperidine rings is 4. The van der Waals surface area contributed by atoms with Gasteiger partial charge >= 0.3 is 5.97 Å². The Morgan fingerprint density at radius 1 is 1.00 bits per heavy atom. The van der Waals surface area contributed by atoms with E-state index in [9.17, 15) is 9.59 Å². The van der Waals surface area contributed by atoms with E-state index >= 15 is 0 Å². The van der Waals surface area contributed by atoms with Crippen LogP contribution in [0.25, 0.3) is 0 Å². The molecule has 4 saturated heterocycles. The predicted molar refractivity (Wildman–Crippen MR) is 139 cm³/mol. The molecule has 0 unspecified atom stereocenters. The van der Waals surface area contributed by atoms with Crippen LogP contribution in [0.2, 0.25) is 0 Å². The summed E-state index contributed by atoms with van der Waals surface area (Å²) in [6.07, 6.45) is 5.26. The highest BCUT2D eigenvalue weighted by atomic mass is 79.9. The largest absolute Gasteiger partial charge is 1.00 e. The Hall–Kier alpha value is -2.22. The van der Waals surface area contributed by atoms with Crippen LogP contribution in [0.5, 0.6) is 5.75 Å². The van der Waals surface area contributed by atoms with Gasteiger partial charge in [-0.15, -0.1) is 0 Å². The molecule has 4 aliphatic rings. The van der Waals surface area contributed by atoms with Gasteiger partial charge in [-0.05, 0) is 50.6 Å². The molecule has 0 amide bonds. The predicted octanol–water partition coefficient (Wildman–Crippen LogP) is 1.44. The SMILES string of the molecule is COc1cccc(C(=O)C[N+]23CCC(CC2)[C@@H](OC(=O)[C@](C)(c2ccccc2)N2CCCCC2)C3)c1.[Br-]. The van der Waals surface area contributed by atoms with Crippen LogP contribution in [0, 0.1) is 5.92 Å². The number of hydrogen-bond acceptors (Lipinski definition) is 5. The van der Waals surface area contributed by atoms with E-state index < -0.39 is 5.54 Å². The number of esters is 1. The smallest absolute Gasteiger partial charge is 0.331 e. The molecule has 6 rings (SSSR count). The number of ether oxygens (including phenoxy) is 2. The Balaban J connectivity index is 0.00000320. The maximum atomic E-state index is 14.0. The first-order valence-corrected chi connectivity index (χ1v) is 13.5. The number of rotatable bonds is 8. The summed E-state index contributed by atoms with van der Waals surface area (Å²) in [4.78, 5) is 29.5. The molecule has 2 aromatic rings. The summed E-state index contributed by atoms with van der Waals surface area (Å²) in [6, 6.07) is 17.5. The molecule has 6 nitrogen and oxygen atoms in total. The summed E-state index contributed by atoms with van der Waals surface area (Å²) >= 11 is 0. The van der Waals surface area contributed by atoms with Gasteiger partial charge in [0.05, 0.1) is 20.2 Å². The van der Waals surface area contributed by atoms with Gasteiger partial charge in [-0.1, -0.05) is 48.9 Å². The molecular weight excluding hydrogens is 532 g/mol. The van der Waals surface area contributed by atoms with Crippen LogP contribution < -0.4 is 21.7 Å². The Morgan fingerprint density at radius 3 is 2.38 bits per heavy atom. The number of hydrogen-bond donors (Lipinski definition) is 0. The molecule has 0 N–H and O–H groups in total. The highest BCUT2D eigenvalue weighted by molar-refractivity contribution is 5.97. The third-order valence-corrected chi connectivity index (χ3v) is 8.89. The minimum atomic E-state index is -0.797. The molecule has 0 saturated carbocycles. The average molecular weight is 572 g/mol. The molecule has 4 heterocycles. The molecule has 4 fully saturated rings. The summed E-state index contributed by atoms with van der Waals surface area (Å²) in [6.45, 7) is 6.95. The summed E-state index contributed by atoms with van der Waals surface area (Å²) < 4.78 is 12.4. The summed E-state index contributed by atoms with van der Waals surface area (Å²) in [5.41, 5.74) is 0.884. The highest BCUT2D eigenvalue weighted by Gasteiger charge is 2.51. The third-order valence-electron chi connectivity index (χ3n) is 8.89. The van der Waals surface area contributed by atoms with Crippen LogP contribution in [0.1, 0.15) is 54.9 Å². The van der Waals surface area contributed by atoms with E-state index in [1.54, 1.807) is 7.11 Å². The number of quaternary nitrogens is 1. The lowest BCUT2D eigenvalue weighted by Crippen LogP contribution is -3.00. The first-order valence-electron chi connectivity index (χ1n) is 13.5.